The maximum absolute atomic E-state index is 11.2. The second-order valence-electron chi connectivity index (χ2n) is 5.54. The molecule has 0 saturated heterocycles. The van der Waals surface area contributed by atoms with Crippen molar-refractivity contribution in [3.05, 3.63) is 32.4 Å². The fourth-order valence-corrected chi connectivity index (χ4v) is 2.10. The SMILES string of the molecule is O=C(O)[C@H](O)CCNc1cc(NCC[C@@H](O)C(=O)O)c([N+](=O)[O-])cc1[N+](=O)[O-]. The molecule has 6 N–H and O–H groups in total. The van der Waals surface area contributed by atoms with E-state index >= 15 is 0 Å². The molecule has 0 spiro atoms. The Morgan fingerprint density at radius 2 is 1.21 bits per heavy atom. The molecule has 0 fully saturated rings. The number of anilines is 2. The minimum absolute atomic E-state index is 0.172. The van der Waals surface area contributed by atoms with Crippen LogP contribution in [0.5, 0.6) is 0 Å². The predicted octanol–water partition coefficient (Wildman–Crippen LogP) is -0.00200. The number of carboxylic acids is 2. The quantitative estimate of drug-likeness (QED) is 0.200. The van der Waals surface area contributed by atoms with Gasteiger partial charge in [-0.2, -0.15) is 0 Å². The summed E-state index contributed by atoms with van der Waals surface area (Å²) >= 11 is 0. The lowest BCUT2D eigenvalue weighted by atomic mass is 10.1. The monoisotopic (exact) mass is 402 g/mol. The van der Waals surface area contributed by atoms with Crippen molar-refractivity contribution in [2.75, 3.05) is 23.7 Å². The summed E-state index contributed by atoms with van der Waals surface area (Å²) in [5.74, 6) is -2.95. The normalized spacial score (nSPS) is 12.6. The largest absolute Gasteiger partial charge is 0.479 e. The van der Waals surface area contributed by atoms with Crippen molar-refractivity contribution in [3.63, 3.8) is 0 Å². The van der Waals surface area contributed by atoms with Gasteiger partial charge < -0.3 is 31.1 Å². The predicted molar refractivity (Wildman–Crippen MR) is 93.2 cm³/mol. The van der Waals surface area contributed by atoms with Crippen molar-refractivity contribution >= 4 is 34.7 Å². The number of nitro benzene ring substituents is 2. The first kappa shape index (κ1) is 22.5. The van der Waals surface area contributed by atoms with E-state index in [-0.39, 0.29) is 37.3 Å². The van der Waals surface area contributed by atoms with Crippen LogP contribution >= 0.6 is 0 Å². The number of benzene rings is 1. The van der Waals surface area contributed by atoms with Crippen LogP contribution in [0.1, 0.15) is 12.8 Å². The van der Waals surface area contributed by atoms with Gasteiger partial charge in [-0.05, 0) is 6.07 Å². The Labute approximate surface area is 156 Å². The van der Waals surface area contributed by atoms with E-state index in [0.29, 0.717) is 6.07 Å². The molecule has 14 heteroatoms. The summed E-state index contributed by atoms with van der Waals surface area (Å²) in [6, 6.07) is 1.72. The van der Waals surface area contributed by atoms with Crippen molar-refractivity contribution in [2.45, 2.75) is 25.0 Å². The van der Waals surface area contributed by atoms with E-state index in [1.54, 1.807) is 0 Å². The molecule has 0 aliphatic carbocycles. The molecule has 1 aromatic carbocycles. The number of hydrogen-bond acceptors (Lipinski definition) is 10. The maximum atomic E-state index is 11.2. The average molecular weight is 402 g/mol. The Kier molecular flexibility index (Phi) is 8.03. The highest BCUT2D eigenvalue weighted by atomic mass is 16.6. The molecule has 0 radical (unpaired) electrons. The number of carboxylic acid groups (broad SMARTS) is 2. The van der Waals surface area contributed by atoms with E-state index in [1.165, 1.54) is 0 Å². The summed E-state index contributed by atoms with van der Waals surface area (Å²) in [6.45, 7) is -0.355. The maximum Gasteiger partial charge on any atom is 0.332 e. The van der Waals surface area contributed by atoms with Gasteiger partial charge in [-0.3, -0.25) is 20.2 Å². The number of aliphatic hydroxyl groups is 2. The Balaban J connectivity index is 3.05. The van der Waals surface area contributed by atoms with Gasteiger partial charge >= 0.3 is 11.9 Å². The Morgan fingerprint density at radius 1 is 0.857 bits per heavy atom. The van der Waals surface area contributed by atoms with Crippen LogP contribution < -0.4 is 10.6 Å². The summed E-state index contributed by atoms with van der Waals surface area (Å²) in [5.41, 5.74) is -1.63. The standard InChI is InChI=1S/C14H18N4O10/c19-11(13(21)22)1-3-15-7-5-8(16-4-2-12(20)14(23)24)10(18(27)28)6-9(7)17(25)26/h5-6,11-12,15-16,19-20H,1-4H2,(H,21,22)(H,23,24)/t11-,12-/m1/s1. The third-order valence-electron chi connectivity index (χ3n) is 3.54. The Morgan fingerprint density at radius 3 is 1.50 bits per heavy atom. The van der Waals surface area contributed by atoms with Crippen molar-refractivity contribution < 1.29 is 39.9 Å². The number of aliphatic hydroxyl groups excluding tert-OH is 2. The van der Waals surface area contributed by atoms with E-state index in [2.05, 4.69) is 10.6 Å². The average Bonchev–Trinajstić information content (AvgIpc) is 2.60. The fraction of sp³-hybridized carbons (Fsp3) is 0.429. The summed E-state index contributed by atoms with van der Waals surface area (Å²) in [7, 11) is 0. The van der Waals surface area contributed by atoms with Crippen LogP contribution in [0.3, 0.4) is 0 Å². The molecule has 28 heavy (non-hydrogen) atoms. The van der Waals surface area contributed by atoms with Crippen LogP contribution in [0, 0.1) is 20.2 Å². The van der Waals surface area contributed by atoms with Gasteiger partial charge in [0.15, 0.2) is 12.2 Å². The van der Waals surface area contributed by atoms with E-state index < -0.39 is 45.4 Å². The molecule has 0 heterocycles. The third-order valence-corrected chi connectivity index (χ3v) is 3.54. The van der Waals surface area contributed by atoms with Crippen molar-refractivity contribution in [1.82, 2.24) is 0 Å². The van der Waals surface area contributed by atoms with Crippen LogP contribution in [0.15, 0.2) is 12.1 Å². The van der Waals surface area contributed by atoms with Gasteiger partial charge in [-0.1, -0.05) is 0 Å². The molecule has 1 rings (SSSR count). The van der Waals surface area contributed by atoms with Crippen LogP contribution in [0.4, 0.5) is 22.7 Å². The summed E-state index contributed by atoms with van der Waals surface area (Å²) in [6.07, 6.45) is -3.95. The highest BCUT2D eigenvalue weighted by Gasteiger charge is 2.25. The van der Waals surface area contributed by atoms with Gasteiger partial charge in [-0.25, -0.2) is 9.59 Å². The van der Waals surface area contributed by atoms with Crippen LogP contribution in [0.2, 0.25) is 0 Å². The molecule has 0 bridgehead atoms. The van der Waals surface area contributed by atoms with Crippen LogP contribution in [0.25, 0.3) is 0 Å². The van der Waals surface area contributed by atoms with Gasteiger partial charge in [0.1, 0.15) is 11.4 Å². The number of nitro groups is 2. The van der Waals surface area contributed by atoms with Crippen LogP contribution in [-0.4, -0.2) is 67.5 Å². The lowest BCUT2D eigenvalue weighted by Crippen LogP contribution is -2.23. The third kappa shape index (κ3) is 6.33. The van der Waals surface area contributed by atoms with E-state index in [4.69, 9.17) is 10.2 Å². The first-order chi connectivity index (χ1) is 13.0. The highest BCUT2D eigenvalue weighted by molar-refractivity contribution is 5.77. The zero-order valence-electron chi connectivity index (χ0n) is 14.3. The molecule has 1 aromatic rings. The second-order valence-corrected chi connectivity index (χ2v) is 5.54. The van der Waals surface area contributed by atoms with E-state index in [1.807, 2.05) is 0 Å². The summed E-state index contributed by atoms with van der Waals surface area (Å²) in [4.78, 5) is 41.8. The molecular weight excluding hydrogens is 384 g/mol. The topological polar surface area (TPSA) is 225 Å². The number of rotatable bonds is 12. The molecule has 0 saturated carbocycles. The summed E-state index contributed by atoms with van der Waals surface area (Å²) in [5, 5.41) is 63.1. The molecule has 2 atom stereocenters. The molecule has 0 aromatic heterocycles. The number of aliphatic carboxylic acids is 2. The molecule has 0 unspecified atom stereocenters. The lowest BCUT2D eigenvalue weighted by Gasteiger charge is -2.13. The smallest absolute Gasteiger partial charge is 0.332 e. The fourth-order valence-electron chi connectivity index (χ4n) is 2.10. The van der Waals surface area contributed by atoms with Gasteiger partial charge in [0.25, 0.3) is 11.4 Å². The van der Waals surface area contributed by atoms with E-state index in [0.717, 1.165) is 6.07 Å². The first-order valence-electron chi connectivity index (χ1n) is 7.81. The molecule has 0 amide bonds. The summed E-state index contributed by atoms with van der Waals surface area (Å²) < 4.78 is 0. The minimum atomic E-state index is -1.69. The van der Waals surface area contributed by atoms with E-state index in [9.17, 15) is 40.0 Å². The molecular formula is C14H18N4O10. The van der Waals surface area contributed by atoms with Gasteiger partial charge in [0.2, 0.25) is 0 Å². The van der Waals surface area contributed by atoms with Gasteiger partial charge in [0.05, 0.1) is 15.9 Å². The first-order valence-corrected chi connectivity index (χ1v) is 7.81. The van der Waals surface area contributed by atoms with Crippen molar-refractivity contribution in [1.29, 1.82) is 0 Å². The number of nitrogens with zero attached hydrogens (tertiary/aromatic N) is 2. The van der Waals surface area contributed by atoms with Crippen molar-refractivity contribution in [3.8, 4) is 0 Å². The van der Waals surface area contributed by atoms with Crippen molar-refractivity contribution in [2.24, 2.45) is 0 Å². The molecule has 14 nitrogen and oxygen atoms in total. The zero-order chi connectivity index (χ0) is 21.4. The molecule has 154 valence electrons. The number of hydrogen-bond donors (Lipinski definition) is 6. The molecule has 0 aliphatic rings. The lowest BCUT2D eigenvalue weighted by molar-refractivity contribution is -0.393. The van der Waals surface area contributed by atoms with Crippen LogP contribution in [-0.2, 0) is 9.59 Å². The minimum Gasteiger partial charge on any atom is -0.479 e. The highest BCUT2D eigenvalue weighted by Crippen LogP contribution is 2.36. The zero-order valence-corrected chi connectivity index (χ0v) is 14.3. The number of nitrogens with one attached hydrogen (secondary N) is 2. The Hall–Kier alpha value is -3.52. The van der Waals surface area contributed by atoms with Gasteiger partial charge in [0, 0.05) is 25.9 Å². The Bertz CT molecular complexity index is 709. The van der Waals surface area contributed by atoms with Gasteiger partial charge in [-0.15, -0.1) is 0 Å². The number of carbonyl (C=O) groups is 2. The molecule has 0 aliphatic heterocycles. The second kappa shape index (κ2) is 9.98.